The van der Waals surface area contributed by atoms with E-state index >= 15 is 0 Å². The zero-order valence-electron chi connectivity index (χ0n) is 12.1. The van der Waals surface area contributed by atoms with Gasteiger partial charge in [-0.1, -0.05) is 29.8 Å². The van der Waals surface area contributed by atoms with Crippen LogP contribution >= 0.6 is 0 Å². The average molecular weight is 269 g/mol. The number of nitrogen functional groups attached to an aromatic ring is 1. The topological polar surface area (TPSA) is 52.3 Å². The van der Waals surface area contributed by atoms with E-state index in [1.54, 1.807) is 12.1 Å². The largest absolute Gasteiger partial charge is 0.457 e. The Hall–Kier alpha value is -2.29. The van der Waals surface area contributed by atoms with Crippen molar-refractivity contribution >= 4 is 11.7 Å². The maximum absolute atomic E-state index is 12.1. The van der Waals surface area contributed by atoms with Crippen LogP contribution in [0.2, 0.25) is 0 Å². The van der Waals surface area contributed by atoms with Crippen LogP contribution in [0, 0.1) is 20.8 Å². The first-order chi connectivity index (χ1) is 9.47. The van der Waals surface area contributed by atoms with Crippen molar-refractivity contribution in [1.82, 2.24) is 0 Å². The zero-order valence-corrected chi connectivity index (χ0v) is 12.1. The highest BCUT2D eigenvalue weighted by Gasteiger charge is 2.11. The summed E-state index contributed by atoms with van der Waals surface area (Å²) in [5.41, 5.74) is 11.0. The Bertz CT molecular complexity index is 647. The predicted octanol–water partition coefficient (Wildman–Crippen LogP) is 3.55. The quantitative estimate of drug-likeness (QED) is 0.684. The van der Waals surface area contributed by atoms with Gasteiger partial charge in [0.2, 0.25) is 0 Å². The molecule has 2 N–H and O–H groups in total. The Balaban J connectivity index is 2.12. The lowest BCUT2D eigenvalue weighted by Gasteiger charge is -2.10. The number of benzene rings is 2. The number of hydrogen-bond donors (Lipinski definition) is 1. The molecule has 2 aromatic rings. The number of esters is 1. The molecule has 0 aliphatic carbocycles. The number of nitrogens with two attached hydrogens (primary N) is 1. The Morgan fingerprint density at radius 2 is 1.75 bits per heavy atom. The highest BCUT2D eigenvalue weighted by Crippen LogP contribution is 2.16. The summed E-state index contributed by atoms with van der Waals surface area (Å²) in [5, 5.41) is 0. The maximum Gasteiger partial charge on any atom is 0.338 e. The van der Waals surface area contributed by atoms with Crippen molar-refractivity contribution in [2.75, 3.05) is 5.73 Å². The molecule has 3 heteroatoms. The monoisotopic (exact) mass is 269 g/mol. The molecule has 0 saturated heterocycles. The molecule has 3 nitrogen and oxygen atoms in total. The first-order valence-corrected chi connectivity index (χ1v) is 6.57. The van der Waals surface area contributed by atoms with Gasteiger partial charge in [-0.05, 0) is 49.6 Å². The highest BCUT2D eigenvalue weighted by molar-refractivity contribution is 5.92. The van der Waals surface area contributed by atoms with Crippen LogP contribution in [0.25, 0.3) is 0 Å². The minimum absolute atomic E-state index is 0.278. The number of carbonyl (C=O) groups excluding carboxylic acids is 1. The smallest absolute Gasteiger partial charge is 0.338 e. The lowest BCUT2D eigenvalue weighted by atomic mass is 10.1. The van der Waals surface area contributed by atoms with Crippen molar-refractivity contribution in [2.24, 2.45) is 0 Å². The average Bonchev–Trinajstić information content (AvgIpc) is 2.42. The van der Waals surface area contributed by atoms with Crippen LogP contribution in [-0.2, 0) is 11.3 Å². The van der Waals surface area contributed by atoms with Gasteiger partial charge < -0.3 is 10.5 Å². The highest BCUT2D eigenvalue weighted by atomic mass is 16.5. The van der Waals surface area contributed by atoms with Crippen LogP contribution in [0.15, 0.2) is 36.4 Å². The van der Waals surface area contributed by atoms with Crippen molar-refractivity contribution in [2.45, 2.75) is 27.4 Å². The molecule has 0 unspecified atom stereocenters. The van der Waals surface area contributed by atoms with Gasteiger partial charge in [0.15, 0.2) is 0 Å². The van der Waals surface area contributed by atoms with Gasteiger partial charge in [0.25, 0.3) is 0 Å². The van der Waals surface area contributed by atoms with Crippen molar-refractivity contribution in [3.8, 4) is 0 Å². The number of carbonyl (C=O) groups is 1. The molecular formula is C17H19NO2. The molecular weight excluding hydrogens is 250 g/mol. The second kappa shape index (κ2) is 5.78. The Morgan fingerprint density at radius 3 is 2.50 bits per heavy atom. The van der Waals surface area contributed by atoms with Crippen molar-refractivity contribution in [3.63, 3.8) is 0 Å². The normalized spacial score (nSPS) is 10.3. The summed E-state index contributed by atoms with van der Waals surface area (Å²) < 4.78 is 5.39. The zero-order chi connectivity index (χ0) is 14.7. The summed E-state index contributed by atoms with van der Waals surface area (Å²) >= 11 is 0. The summed E-state index contributed by atoms with van der Waals surface area (Å²) in [4.78, 5) is 12.1. The molecule has 0 spiro atoms. The molecule has 0 amide bonds. The molecule has 2 rings (SSSR count). The standard InChI is InChI=1S/C17H19NO2/c1-11-4-5-12(2)14(8-11)10-20-17(19)16-9-15(18)7-6-13(16)3/h4-9H,10,18H2,1-3H3. The van der Waals surface area contributed by atoms with Crippen LogP contribution < -0.4 is 5.73 Å². The lowest BCUT2D eigenvalue weighted by Crippen LogP contribution is -2.08. The van der Waals surface area contributed by atoms with Crippen LogP contribution in [-0.4, -0.2) is 5.97 Å². The van der Waals surface area contributed by atoms with Gasteiger partial charge in [-0.15, -0.1) is 0 Å². The van der Waals surface area contributed by atoms with E-state index in [1.807, 2.05) is 45.0 Å². The molecule has 0 aliphatic rings. The molecule has 20 heavy (non-hydrogen) atoms. The van der Waals surface area contributed by atoms with E-state index in [0.29, 0.717) is 11.3 Å². The third-order valence-electron chi connectivity index (χ3n) is 3.34. The van der Waals surface area contributed by atoms with Gasteiger partial charge in [-0.3, -0.25) is 0 Å². The first-order valence-electron chi connectivity index (χ1n) is 6.57. The third kappa shape index (κ3) is 3.18. The van der Waals surface area contributed by atoms with Gasteiger partial charge in [-0.25, -0.2) is 4.79 Å². The van der Waals surface area contributed by atoms with Crippen molar-refractivity contribution < 1.29 is 9.53 Å². The van der Waals surface area contributed by atoms with E-state index in [4.69, 9.17) is 10.5 Å². The molecule has 104 valence electrons. The van der Waals surface area contributed by atoms with Crippen LogP contribution in [0.5, 0.6) is 0 Å². The predicted molar refractivity (Wildman–Crippen MR) is 80.6 cm³/mol. The summed E-state index contributed by atoms with van der Waals surface area (Å²) in [7, 11) is 0. The summed E-state index contributed by atoms with van der Waals surface area (Å²) in [6.45, 7) is 6.18. The molecule has 0 bridgehead atoms. The summed E-state index contributed by atoms with van der Waals surface area (Å²) in [5.74, 6) is -0.337. The van der Waals surface area contributed by atoms with E-state index < -0.39 is 0 Å². The van der Waals surface area contributed by atoms with Crippen molar-refractivity contribution in [1.29, 1.82) is 0 Å². The fraction of sp³-hybridized carbons (Fsp3) is 0.235. The fourth-order valence-electron chi connectivity index (χ4n) is 2.04. The van der Waals surface area contributed by atoms with Crippen molar-refractivity contribution in [3.05, 3.63) is 64.2 Å². The van der Waals surface area contributed by atoms with E-state index in [2.05, 4.69) is 0 Å². The Labute approximate surface area is 119 Å². The van der Waals surface area contributed by atoms with Gasteiger partial charge in [0.1, 0.15) is 6.61 Å². The molecule has 0 heterocycles. The van der Waals surface area contributed by atoms with Gasteiger partial charge >= 0.3 is 5.97 Å². The van der Waals surface area contributed by atoms with E-state index in [0.717, 1.165) is 22.3 Å². The molecule has 0 atom stereocenters. The molecule has 0 aromatic heterocycles. The van der Waals surface area contributed by atoms with E-state index in [-0.39, 0.29) is 12.6 Å². The molecule has 0 fully saturated rings. The van der Waals surface area contributed by atoms with E-state index in [9.17, 15) is 4.79 Å². The second-order valence-electron chi connectivity index (χ2n) is 5.08. The number of hydrogen-bond acceptors (Lipinski definition) is 3. The van der Waals surface area contributed by atoms with Gasteiger partial charge in [0.05, 0.1) is 5.56 Å². The number of anilines is 1. The first kappa shape index (κ1) is 14.1. The van der Waals surface area contributed by atoms with Crippen LogP contribution in [0.4, 0.5) is 5.69 Å². The Morgan fingerprint density at radius 1 is 1.05 bits per heavy atom. The number of aryl methyl sites for hydroxylation is 3. The molecule has 0 saturated carbocycles. The van der Waals surface area contributed by atoms with Gasteiger partial charge in [-0.2, -0.15) is 0 Å². The maximum atomic E-state index is 12.1. The summed E-state index contributed by atoms with van der Waals surface area (Å²) in [6, 6.07) is 11.4. The molecule has 2 aromatic carbocycles. The minimum Gasteiger partial charge on any atom is -0.457 e. The Kier molecular flexibility index (Phi) is 4.08. The van der Waals surface area contributed by atoms with E-state index in [1.165, 1.54) is 0 Å². The number of ether oxygens (including phenoxy) is 1. The van der Waals surface area contributed by atoms with Gasteiger partial charge in [0, 0.05) is 5.69 Å². The van der Waals surface area contributed by atoms with Crippen LogP contribution in [0.3, 0.4) is 0 Å². The van der Waals surface area contributed by atoms with Crippen LogP contribution in [0.1, 0.15) is 32.6 Å². The lowest BCUT2D eigenvalue weighted by molar-refractivity contribution is 0.0471. The third-order valence-corrected chi connectivity index (χ3v) is 3.34. The molecule has 0 aliphatic heterocycles. The minimum atomic E-state index is -0.337. The SMILES string of the molecule is Cc1ccc(C)c(COC(=O)c2cc(N)ccc2C)c1. The fourth-order valence-corrected chi connectivity index (χ4v) is 2.04. The number of rotatable bonds is 3. The second-order valence-corrected chi connectivity index (χ2v) is 5.08. The molecule has 0 radical (unpaired) electrons. The summed E-state index contributed by atoms with van der Waals surface area (Å²) in [6.07, 6.45) is 0.